The van der Waals surface area contributed by atoms with Gasteiger partial charge in [-0.2, -0.15) is 0 Å². The van der Waals surface area contributed by atoms with Crippen LogP contribution in [0, 0.1) is 0 Å². The molecule has 0 saturated carbocycles. The molecule has 0 atom stereocenters. The van der Waals surface area contributed by atoms with E-state index in [9.17, 15) is 4.79 Å². The number of carbonyl (C=O) groups excluding carboxylic acids is 1. The number of esters is 1. The molecule has 0 radical (unpaired) electrons. The van der Waals surface area contributed by atoms with E-state index >= 15 is 0 Å². The van der Waals surface area contributed by atoms with Crippen molar-refractivity contribution >= 4 is 28.1 Å². The summed E-state index contributed by atoms with van der Waals surface area (Å²) in [4.78, 5) is 11.5. The third-order valence-electron chi connectivity index (χ3n) is 4.63. The van der Waals surface area contributed by atoms with E-state index in [0.29, 0.717) is 0 Å². The van der Waals surface area contributed by atoms with Crippen LogP contribution >= 0.6 is 0 Å². The molecule has 0 aliphatic carbocycles. The topological polar surface area (TPSA) is 57.0 Å². The van der Waals surface area contributed by atoms with Gasteiger partial charge in [-0.05, 0) is 0 Å². The maximum absolute atomic E-state index is 11.5. The molecular weight excluding hydrogens is 397 g/mol. The molecule has 23 heavy (non-hydrogen) atoms. The number of hydrogen-bond acceptors (Lipinski definition) is 4. The predicted molar refractivity (Wildman–Crippen MR) is 96.6 cm³/mol. The van der Waals surface area contributed by atoms with Gasteiger partial charge in [0.25, 0.3) is 0 Å². The van der Waals surface area contributed by atoms with Crippen molar-refractivity contribution in [2.75, 3.05) is 7.11 Å². The van der Waals surface area contributed by atoms with E-state index in [2.05, 4.69) is 31.1 Å². The van der Waals surface area contributed by atoms with Crippen molar-refractivity contribution in [3.05, 3.63) is 6.20 Å². The summed E-state index contributed by atoms with van der Waals surface area (Å²) in [7, 11) is 1.41. The van der Waals surface area contributed by atoms with Crippen LogP contribution in [0.25, 0.3) is 0 Å². The van der Waals surface area contributed by atoms with Gasteiger partial charge in [0.1, 0.15) is 0 Å². The third kappa shape index (κ3) is 6.43. The number of aromatic nitrogens is 3. The average molecular weight is 430 g/mol. The standard InChI is InChI=1S/C5H6N3O2.3C4H9.Sn/c1-10-5(9)4-8-3-2-6-7-8;3*1-3-4-2;/h3H,4H2,1H3;3*1,3-4H2,2H3;. The fourth-order valence-electron chi connectivity index (χ4n) is 3.12. The summed E-state index contributed by atoms with van der Waals surface area (Å²) in [5.41, 5.74) is 0. The first-order chi connectivity index (χ1) is 11.1. The van der Waals surface area contributed by atoms with E-state index < -0.39 is 18.4 Å². The Bertz CT molecular complexity index is 441. The van der Waals surface area contributed by atoms with E-state index in [1.54, 1.807) is 4.68 Å². The number of carbonyl (C=O) groups is 1. The van der Waals surface area contributed by atoms with Gasteiger partial charge in [0.05, 0.1) is 0 Å². The van der Waals surface area contributed by atoms with Crippen LogP contribution in [0.1, 0.15) is 59.3 Å². The zero-order valence-electron chi connectivity index (χ0n) is 15.3. The molecule has 5 nitrogen and oxygen atoms in total. The average Bonchev–Trinajstić information content (AvgIpc) is 3.03. The summed E-state index contributed by atoms with van der Waals surface area (Å²) >= 11 is -2.51. The fraction of sp³-hybridized carbons (Fsp3) is 0.824. The van der Waals surface area contributed by atoms with Crippen LogP contribution in [-0.2, 0) is 16.1 Å². The Balaban J connectivity index is 3.01. The molecule has 1 aromatic rings. The molecule has 132 valence electrons. The zero-order chi connectivity index (χ0) is 17.1. The normalized spacial score (nSPS) is 11.7. The Morgan fingerprint density at radius 2 is 1.61 bits per heavy atom. The molecule has 0 fully saturated rings. The summed E-state index contributed by atoms with van der Waals surface area (Å²) in [5, 5.41) is 8.75. The third-order valence-corrected chi connectivity index (χ3v) is 19.6. The second-order valence-corrected chi connectivity index (χ2v) is 19.5. The molecule has 0 aliphatic rings. The van der Waals surface area contributed by atoms with E-state index in [1.165, 1.54) is 62.7 Å². The number of ether oxygens (including phenoxy) is 1. The zero-order valence-corrected chi connectivity index (χ0v) is 18.2. The minimum atomic E-state index is -2.51. The molecule has 6 heteroatoms. The van der Waals surface area contributed by atoms with Crippen LogP contribution < -0.4 is 3.71 Å². The molecule has 0 amide bonds. The van der Waals surface area contributed by atoms with Crippen molar-refractivity contribution in [1.29, 1.82) is 0 Å². The molecule has 1 rings (SSSR count). The van der Waals surface area contributed by atoms with Crippen LogP contribution in [0.5, 0.6) is 0 Å². The molecule has 0 aromatic carbocycles. The van der Waals surface area contributed by atoms with Gasteiger partial charge < -0.3 is 0 Å². The summed E-state index contributed by atoms with van der Waals surface area (Å²) in [6.07, 6.45) is 9.68. The number of rotatable bonds is 12. The molecule has 1 aromatic heterocycles. The summed E-state index contributed by atoms with van der Waals surface area (Å²) in [6, 6.07) is 0. The van der Waals surface area contributed by atoms with Crippen molar-refractivity contribution in [1.82, 2.24) is 15.0 Å². The van der Waals surface area contributed by atoms with Crippen molar-refractivity contribution in [2.24, 2.45) is 0 Å². The summed E-state index contributed by atoms with van der Waals surface area (Å²) in [6.45, 7) is 6.97. The molecule has 0 aliphatic heterocycles. The first kappa shape index (κ1) is 20.5. The van der Waals surface area contributed by atoms with Gasteiger partial charge in [0, 0.05) is 0 Å². The number of nitrogens with zero attached hydrogens (tertiary/aromatic N) is 3. The van der Waals surface area contributed by atoms with Gasteiger partial charge in [-0.3, -0.25) is 0 Å². The first-order valence-electron chi connectivity index (χ1n) is 9.09. The Labute approximate surface area is 145 Å². The fourth-order valence-corrected chi connectivity index (χ4v) is 18.2. The summed E-state index contributed by atoms with van der Waals surface area (Å²) in [5.74, 6) is -0.266. The van der Waals surface area contributed by atoms with Crippen LogP contribution in [0.2, 0.25) is 13.3 Å². The SMILES string of the molecule is CCC[CH2][Sn]([CH2]CCC)([CH2]CCC)[c]1cn(CC(=O)OC)nn1. The predicted octanol–water partition coefficient (Wildman–Crippen LogP) is 3.51. The quantitative estimate of drug-likeness (QED) is 0.376. The molecule has 0 unspecified atom stereocenters. The van der Waals surface area contributed by atoms with Crippen molar-refractivity contribution in [3.63, 3.8) is 0 Å². The van der Waals surface area contributed by atoms with Crippen LogP contribution in [0.15, 0.2) is 6.20 Å². The first-order valence-corrected chi connectivity index (χ1v) is 16.6. The second kappa shape index (κ2) is 11.0. The van der Waals surface area contributed by atoms with Crippen molar-refractivity contribution < 1.29 is 9.53 Å². The Morgan fingerprint density at radius 1 is 1.09 bits per heavy atom. The van der Waals surface area contributed by atoms with Gasteiger partial charge in [0.2, 0.25) is 0 Å². The number of methoxy groups -OCH3 is 1. The molecule has 0 spiro atoms. The van der Waals surface area contributed by atoms with E-state index in [-0.39, 0.29) is 12.5 Å². The minimum absolute atomic E-state index is 0.167. The maximum atomic E-state index is 11.5. The van der Waals surface area contributed by atoms with E-state index in [0.717, 1.165) is 0 Å². The Hall–Kier alpha value is -0.591. The van der Waals surface area contributed by atoms with Crippen LogP contribution in [-0.4, -0.2) is 46.4 Å². The Morgan fingerprint density at radius 3 is 2.04 bits per heavy atom. The van der Waals surface area contributed by atoms with Crippen LogP contribution in [0.4, 0.5) is 0 Å². The molecule has 0 bridgehead atoms. The molecule has 0 saturated heterocycles. The monoisotopic (exact) mass is 431 g/mol. The Kier molecular flexibility index (Phi) is 9.83. The number of unbranched alkanes of at least 4 members (excludes halogenated alkanes) is 3. The number of hydrogen-bond donors (Lipinski definition) is 0. The van der Waals surface area contributed by atoms with Gasteiger partial charge in [-0.25, -0.2) is 0 Å². The van der Waals surface area contributed by atoms with Gasteiger partial charge in [-0.15, -0.1) is 0 Å². The van der Waals surface area contributed by atoms with Crippen molar-refractivity contribution in [3.8, 4) is 0 Å². The van der Waals surface area contributed by atoms with E-state index in [4.69, 9.17) is 4.74 Å². The van der Waals surface area contributed by atoms with Crippen LogP contribution in [0.3, 0.4) is 0 Å². The molecular formula is C17H33N3O2Sn. The molecule has 1 heterocycles. The van der Waals surface area contributed by atoms with E-state index in [1.807, 2.05) is 6.20 Å². The van der Waals surface area contributed by atoms with Gasteiger partial charge in [0.15, 0.2) is 0 Å². The summed E-state index contributed by atoms with van der Waals surface area (Å²) < 4.78 is 11.7. The van der Waals surface area contributed by atoms with Crippen molar-refractivity contribution in [2.45, 2.75) is 79.2 Å². The van der Waals surface area contributed by atoms with Gasteiger partial charge in [-0.1, -0.05) is 0 Å². The second-order valence-electron chi connectivity index (χ2n) is 6.47. The molecule has 0 N–H and O–H groups in total. The van der Waals surface area contributed by atoms with Gasteiger partial charge >= 0.3 is 145 Å².